The number of likely N-dealkylation sites (tertiary alicyclic amines) is 1. The molecule has 0 bridgehead atoms. The van der Waals surface area contributed by atoms with Crippen LogP contribution in [0.25, 0.3) is 0 Å². The van der Waals surface area contributed by atoms with Gasteiger partial charge in [0.15, 0.2) is 0 Å². The molecule has 0 saturated carbocycles. The van der Waals surface area contributed by atoms with Gasteiger partial charge in [-0.25, -0.2) is 0 Å². The van der Waals surface area contributed by atoms with Gasteiger partial charge in [-0.15, -0.1) is 0 Å². The fraction of sp³-hybridized carbons (Fsp3) is 0.562. The number of amides is 1. The van der Waals surface area contributed by atoms with E-state index < -0.39 is 6.04 Å². The highest BCUT2D eigenvalue weighted by molar-refractivity contribution is 5.83. The molecule has 1 heterocycles. The first-order valence-electron chi connectivity index (χ1n) is 7.18. The Labute approximate surface area is 121 Å². The van der Waals surface area contributed by atoms with Gasteiger partial charge in [-0.1, -0.05) is 43.7 Å². The maximum Gasteiger partial charge on any atom is 0.244 e. The van der Waals surface area contributed by atoms with Crippen molar-refractivity contribution in [1.29, 1.82) is 0 Å². The third kappa shape index (κ3) is 3.02. The van der Waals surface area contributed by atoms with Crippen molar-refractivity contribution in [3.05, 3.63) is 35.4 Å². The van der Waals surface area contributed by atoms with E-state index in [9.17, 15) is 4.79 Å². The normalized spacial score (nSPS) is 23.4. The molecule has 0 aliphatic carbocycles. The van der Waals surface area contributed by atoms with Crippen LogP contribution < -0.4 is 11.5 Å². The Morgan fingerprint density at radius 3 is 2.50 bits per heavy atom. The van der Waals surface area contributed by atoms with Crippen molar-refractivity contribution in [2.24, 2.45) is 16.9 Å². The van der Waals surface area contributed by atoms with Gasteiger partial charge in [0.25, 0.3) is 0 Å². The average Bonchev–Trinajstić information content (AvgIpc) is 2.41. The molecule has 2 atom stereocenters. The Kier molecular flexibility index (Phi) is 4.16. The molecule has 1 aromatic rings. The molecule has 4 heteroatoms. The van der Waals surface area contributed by atoms with Crippen LogP contribution in [0.5, 0.6) is 0 Å². The van der Waals surface area contributed by atoms with E-state index in [1.807, 2.05) is 36.1 Å². The highest BCUT2D eigenvalue weighted by Crippen LogP contribution is 2.29. The standard InChI is InChI=1S/C16H25N3O/c1-11-4-6-12(7-5-11)14(18)15(20)19-9-8-13(17)16(2,3)10-19/h4-7,13-14H,8-10,17-18H2,1-3H3. The number of hydrogen-bond donors (Lipinski definition) is 2. The molecule has 0 spiro atoms. The maximum atomic E-state index is 12.5. The van der Waals surface area contributed by atoms with Crippen molar-refractivity contribution < 1.29 is 4.79 Å². The number of rotatable bonds is 2. The van der Waals surface area contributed by atoms with Crippen molar-refractivity contribution in [2.45, 2.75) is 39.3 Å². The van der Waals surface area contributed by atoms with E-state index >= 15 is 0 Å². The van der Waals surface area contributed by atoms with E-state index in [0.717, 1.165) is 12.0 Å². The minimum Gasteiger partial charge on any atom is -0.340 e. The zero-order valence-electron chi connectivity index (χ0n) is 12.6. The van der Waals surface area contributed by atoms with Crippen LogP contribution in [-0.2, 0) is 4.79 Å². The van der Waals surface area contributed by atoms with Gasteiger partial charge in [0.2, 0.25) is 5.91 Å². The monoisotopic (exact) mass is 275 g/mol. The lowest BCUT2D eigenvalue weighted by Gasteiger charge is -2.43. The van der Waals surface area contributed by atoms with Gasteiger partial charge in [-0.2, -0.15) is 0 Å². The molecule has 1 amide bonds. The molecule has 0 radical (unpaired) electrons. The lowest BCUT2D eigenvalue weighted by atomic mass is 9.79. The number of nitrogens with two attached hydrogens (primary N) is 2. The Morgan fingerprint density at radius 1 is 1.35 bits per heavy atom. The van der Waals surface area contributed by atoms with Gasteiger partial charge < -0.3 is 16.4 Å². The number of carbonyl (C=O) groups is 1. The summed E-state index contributed by atoms with van der Waals surface area (Å²) in [4.78, 5) is 14.4. The van der Waals surface area contributed by atoms with E-state index in [4.69, 9.17) is 11.5 Å². The Hall–Kier alpha value is -1.39. The molecule has 20 heavy (non-hydrogen) atoms. The fourth-order valence-electron chi connectivity index (χ4n) is 2.68. The average molecular weight is 275 g/mol. The van der Waals surface area contributed by atoms with Crippen molar-refractivity contribution >= 4 is 5.91 Å². The highest BCUT2D eigenvalue weighted by atomic mass is 16.2. The summed E-state index contributed by atoms with van der Waals surface area (Å²) < 4.78 is 0. The van der Waals surface area contributed by atoms with Crippen LogP contribution >= 0.6 is 0 Å². The molecule has 1 aromatic carbocycles. The molecule has 0 aromatic heterocycles. The predicted molar refractivity (Wildman–Crippen MR) is 81.1 cm³/mol. The minimum absolute atomic E-state index is 0.00571. The van der Waals surface area contributed by atoms with Crippen LogP contribution in [0.1, 0.15) is 37.4 Å². The first kappa shape index (κ1) is 15.0. The van der Waals surface area contributed by atoms with Crippen molar-refractivity contribution in [3.8, 4) is 0 Å². The number of piperidine rings is 1. The van der Waals surface area contributed by atoms with Crippen LogP contribution in [0, 0.1) is 12.3 Å². The summed E-state index contributed by atoms with van der Waals surface area (Å²) in [5.74, 6) is -0.00571. The maximum absolute atomic E-state index is 12.5. The molecule has 1 aliphatic heterocycles. The second-order valence-electron chi connectivity index (χ2n) is 6.53. The molecular weight excluding hydrogens is 250 g/mol. The van der Waals surface area contributed by atoms with E-state index in [1.165, 1.54) is 5.56 Å². The van der Waals surface area contributed by atoms with Gasteiger partial charge in [0.1, 0.15) is 6.04 Å². The summed E-state index contributed by atoms with van der Waals surface area (Å²) in [5.41, 5.74) is 14.2. The van der Waals surface area contributed by atoms with E-state index in [-0.39, 0.29) is 17.4 Å². The van der Waals surface area contributed by atoms with E-state index in [2.05, 4.69) is 13.8 Å². The summed E-state index contributed by atoms with van der Waals surface area (Å²) in [6.45, 7) is 7.60. The number of hydrogen-bond acceptors (Lipinski definition) is 3. The SMILES string of the molecule is Cc1ccc(C(N)C(=O)N2CCC(N)C(C)(C)C2)cc1. The molecule has 1 fully saturated rings. The zero-order valence-corrected chi connectivity index (χ0v) is 12.6. The smallest absolute Gasteiger partial charge is 0.244 e. The van der Waals surface area contributed by atoms with Gasteiger partial charge in [0.05, 0.1) is 0 Å². The summed E-state index contributed by atoms with van der Waals surface area (Å²) in [7, 11) is 0. The number of aryl methyl sites for hydroxylation is 1. The molecular formula is C16H25N3O. The van der Waals surface area contributed by atoms with Gasteiger partial charge >= 0.3 is 0 Å². The first-order valence-corrected chi connectivity index (χ1v) is 7.18. The first-order chi connectivity index (χ1) is 9.31. The molecule has 110 valence electrons. The minimum atomic E-state index is -0.583. The van der Waals surface area contributed by atoms with Gasteiger partial charge in [-0.3, -0.25) is 4.79 Å². The third-order valence-electron chi connectivity index (χ3n) is 4.33. The van der Waals surface area contributed by atoms with Crippen LogP contribution in [0.4, 0.5) is 0 Å². The van der Waals surface area contributed by atoms with Crippen LogP contribution in [-0.4, -0.2) is 29.9 Å². The molecule has 2 rings (SSSR count). The second-order valence-corrected chi connectivity index (χ2v) is 6.53. The third-order valence-corrected chi connectivity index (χ3v) is 4.33. The summed E-state index contributed by atoms with van der Waals surface area (Å²) >= 11 is 0. The summed E-state index contributed by atoms with van der Waals surface area (Å²) in [6.07, 6.45) is 0.833. The molecule has 4 nitrogen and oxygen atoms in total. The van der Waals surface area contributed by atoms with Crippen LogP contribution in [0.2, 0.25) is 0 Å². The number of nitrogens with zero attached hydrogens (tertiary/aromatic N) is 1. The topological polar surface area (TPSA) is 72.4 Å². The molecule has 4 N–H and O–H groups in total. The fourth-order valence-corrected chi connectivity index (χ4v) is 2.68. The Morgan fingerprint density at radius 2 is 1.95 bits per heavy atom. The van der Waals surface area contributed by atoms with Gasteiger partial charge in [0, 0.05) is 19.1 Å². The predicted octanol–water partition coefficient (Wildman–Crippen LogP) is 1.58. The Balaban J connectivity index is 2.09. The van der Waals surface area contributed by atoms with Crippen LogP contribution in [0.3, 0.4) is 0 Å². The summed E-state index contributed by atoms with van der Waals surface area (Å²) in [5, 5.41) is 0. The molecule has 1 aliphatic rings. The van der Waals surface area contributed by atoms with Crippen molar-refractivity contribution in [1.82, 2.24) is 4.90 Å². The van der Waals surface area contributed by atoms with Crippen molar-refractivity contribution in [2.75, 3.05) is 13.1 Å². The largest absolute Gasteiger partial charge is 0.340 e. The number of carbonyl (C=O) groups excluding carboxylic acids is 1. The lowest BCUT2D eigenvalue weighted by Crippen LogP contribution is -2.55. The highest BCUT2D eigenvalue weighted by Gasteiger charge is 2.36. The summed E-state index contributed by atoms with van der Waals surface area (Å²) in [6, 6.07) is 7.39. The van der Waals surface area contributed by atoms with Crippen molar-refractivity contribution in [3.63, 3.8) is 0 Å². The van der Waals surface area contributed by atoms with Crippen LogP contribution in [0.15, 0.2) is 24.3 Å². The zero-order chi connectivity index (χ0) is 14.9. The van der Waals surface area contributed by atoms with E-state index in [0.29, 0.717) is 13.1 Å². The lowest BCUT2D eigenvalue weighted by molar-refractivity contribution is -0.136. The van der Waals surface area contributed by atoms with Gasteiger partial charge in [-0.05, 0) is 24.3 Å². The number of benzene rings is 1. The second kappa shape index (κ2) is 5.54. The quantitative estimate of drug-likeness (QED) is 0.860. The molecule has 1 saturated heterocycles. The Bertz CT molecular complexity index is 481. The molecule has 2 unspecified atom stereocenters. The van der Waals surface area contributed by atoms with E-state index in [1.54, 1.807) is 0 Å².